The number of carbonyl (C=O) groups excluding carboxylic acids is 1. The van der Waals surface area contributed by atoms with E-state index in [9.17, 15) is 14.0 Å². The molecule has 0 saturated heterocycles. The van der Waals surface area contributed by atoms with Crippen LogP contribution in [0.4, 0.5) is 9.18 Å². The number of urea groups is 1. The van der Waals surface area contributed by atoms with Gasteiger partial charge in [0.05, 0.1) is 6.54 Å². The van der Waals surface area contributed by atoms with Crippen LogP contribution in [0.5, 0.6) is 0 Å². The van der Waals surface area contributed by atoms with E-state index in [0.29, 0.717) is 23.2 Å². The van der Waals surface area contributed by atoms with Crippen LogP contribution >= 0.6 is 0 Å². The summed E-state index contributed by atoms with van der Waals surface area (Å²) < 4.78 is 18.8. The molecule has 0 unspecified atom stereocenters. The predicted molar refractivity (Wildman–Crippen MR) is 78.0 cm³/mol. The first-order valence-corrected chi connectivity index (χ1v) is 6.88. The first-order chi connectivity index (χ1) is 10.5. The number of furan rings is 1. The van der Waals surface area contributed by atoms with E-state index in [1.807, 2.05) is 0 Å². The molecule has 7 heteroatoms. The lowest BCUT2D eigenvalue weighted by Crippen LogP contribution is -2.35. The Labute approximate surface area is 126 Å². The molecule has 0 radical (unpaired) electrons. The van der Waals surface area contributed by atoms with E-state index in [2.05, 4.69) is 10.6 Å². The summed E-state index contributed by atoms with van der Waals surface area (Å²) in [5.74, 6) is -0.680. The number of fused-ring (bicyclic) bond motifs is 1. The maximum Gasteiger partial charge on any atom is 0.315 e. The van der Waals surface area contributed by atoms with Gasteiger partial charge in [0.25, 0.3) is 0 Å². The van der Waals surface area contributed by atoms with Crippen molar-refractivity contribution >= 4 is 23.0 Å². The standard InChI is InChI=1S/C15H17FN2O4/c1-9-11-7-10(16)4-5-12(11)22-13(9)8-18-15(21)17-6-2-3-14(19)20/h4-5,7H,2-3,6,8H2,1H3,(H,19,20)(H2,17,18,21). The molecular formula is C15H17FN2O4. The molecule has 0 aliphatic carbocycles. The Bertz CT molecular complexity index is 696. The molecule has 1 aromatic heterocycles. The van der Waals surface area contributed by atoms with Crippen LogP contribution in [0, 0.1) is 12.7 Å². The summed E-state index contributed by atoms with van der Waals surface area (Å²) in [5, 5.41) is 14.3. The van der Waals surface area contributed by atoms with Crippen LogP contribution in [-0.2, 0) is 11.3 Å². The number of rotatable bonds is 6. The third-order valence-electron chi connectivity index (χ3n) is 3.26. The van der Waals surface area contributed by atoms with Crippen molar-refractivity contribution in [3.63, 3.8) is 0 Å². The number of carbonyl (C=O) groups is 2. The fraction of sp³-hybridized carbons (Fsp3) is 0.333. The lowest BCUT2D eigenvalue weighted by atomic mass is 10.1. The molecular weight excluding hydrogens is 291 g/mol. The van der Waals surface area contributed by atoms with Gasteiger partial charge in [0.2, 0.25) is 0 Å². The van der Waals surface area contributed by atoms with E-state index in [0.717, 1.165) is 5.56 Å². The molecule has 2 aromatic rings. The Morgan fingerprint density at radius 2 is 2.09 bits per heavy atom. The number of amides is 2. The van der Waals surface area contributed by atoms with Crippen LogP contribution < -0.4 is 10.6 Å². The molecule has 2 amide bonds. The van der Waals surface area contributed by atoms with Crippen molar-refractivity contribution in [2.24, 2.45) is 0 Å². The van der Waals surface area contributed by atoms with Crippen LogP contribution in [0.25, 0.3) is 11.0 Å². The van der Waals surface area contributed by atoms with E-state index in [1.165, 1.54) is 12.1 Å². The SMILES string of the molecule is Cc1c(CNC(=O)NCCCC(=O)O)oc2ccc(F)cc12. The minimum atomic E-state index is -0.896. The van der Waals surface area contributed by atoms with E-state index >= 15 is 0 Å². The highest BCUT2D eigenvalue weighted by molar-refractivity contribution is 5.82. The van der Waals surface area contributed by atoms with Crippen molar-refractivity contribution in [3.05, 3.63) is 35.3 Å². The van der Waals surface area contributed by atoms with E-state index in [4.69, 9.17) is 9.52 Å². The van der Waals surface area contributed by atoms with Gasteiger partial charge < -0.3 is 20.2 Å². The zero-order chi connectivity index (χ0) is 16.1. The third kappa shape index (κ3) is 3.97. The minimum absolute atomic E-state index is 0.00846. The average Bonchev–Trinajstić information content (AvgIpc) is 2.78. The highest BCUT2D eigenvalue weighted by Crippen LogP contribution is 2.25. The molecule has 0 bridgehead atoms. The average molecular weight is 308 g/mol. The van der Waals surface area contributed by atoms with Crippen molar-refractivity contribution < 1.29 is 23.5 Å². The first kappa shape index (κ1) is 15.8. The largest absolute Gasteiger partial charge is 0.481 e. The molecule has 1 aromatic carbocycles. The molecule has 6 nitrogen and oxygen atoms in total. The van der Waals surface area contributed by atoms with Crippen LogP contribution in [0.15, 0.2) is 22.6 Å². The Balaban J connectivity index is 1.87. The fourth-order valence-electron chi connectivity index (χ4n) is 2.08. The zero-order valence-corrected chi connectivity index (χ0v) is 12.1. The molecule has 0 atom stereocenters. The molecule has 0 spiro atoms. The number of aryl methyl sites for hydroxylation is 1. The molecule has 2 rings (SSSR count). The molecule has 1 heterocycles. The van der Waals surface area contributed by atoms with Crippen molar-refractivity contribution in [2.45, 2.75) is 26.3 Å². The molecule has 3 N–H and O–H groups in total. The lowest BCUT2D eigenvalue weighted by Gasteiger charge is -2.06. The van der Waals surface area contributed by atoms with E-state index < -0.39 is 12.0 Å². The van der Waals surface area contributed by atoms with Crippen molar-refractivity contribution in [1.29, 1.82) is 0 Å². The van der Waals surface area contributed by atoms with Crippen LogP contribution in [0.3, 0.4) is 0 Å². The smallest absolute Gasteiger partial charge is 0.315 e. The highest BCUT2D eigenvalue weighted by atomic mass is 19.1. The number of nitrogens with one attached hydrogen (secondary N) is 2. The summed E-state index contributed by atoms with van der Waals surface area (Å²) in [5.41, 5.74) is 1.35. The number of hydrogen-bond donors (Lipinski definition) is 3. The first-order valence-electron chi connectivity index (χ1n) is 6.88. The second-order valence-corrected chi connectivity index (χ2v) is 4.90. The summed E-state index contributed by atoms with van der Waals surface area (Å²) in [6.07, 6.45) is 0.375. The van der Waals surface area contributed by atoms with Crippen LogP contribution in [0.1, 0.15) is 24.2 Å². The van der Waals surface area contributed by atoms with E-state index in [-0.39, 0.29) is 25.3 Å². The van der Waals surface area contributed by atoms with Gasteiger partial charge in [-0.15, -0.1) is 0 Å². The van der Waals surface area contributed by atoms with Gasteiger partial charge in [-0.3, -0.25) is 4.79 Å². The maximum atomic E-state index is 13.2. The molecule has 0 saturated carbocycles. The summed E-state index contributed by atoms with van der Waals surface area (Å²) >= 11 is 0. The van der Waals surface area contributed by atoms with Gasteiger partial charge >= 0.3 is 12.0 Å². The van der Waals surface area contributed by atoms with Gasteiger partial charge in [0.1, 0.15) is 17.2 Å². The van der Waals surface area contributed by atoms with Crippen molar-refractivity contribution in [1.82, 2.24) is 10.6 Å². The third-order valence-corrected chi connectivity index (χ3v) is 3.26. The summed E-state index contributed by atoms with van der Waals surface area (Å²) in [6, 6.07) is 3.85. The van der Waals surface area contributed by atoms with Crippen LogP contribution in [-0.4, -0.2) is 23.7 Å². The number of carboxylic acid groups (broad SMARTS) is 1. The quantitative estimate of drug-likeness (QED) is 0.715. The topological polar surface area (TPSA) is 91.6 Å². The van der Waals surface area contributed by atoms with Gasteiger partial charge in [-0.1, -0.05) is 0 Å². The summed E-state index contributed by atoms with van der Waals surface area (Å²) in [4.78, 5) is 21.9. The lowest BCUT2D eigenvalue weighted by molar-refractivity contribution is -0.137. The van der Waals surface area contributed by atoms with Gasteiger partial charge in [-0.2, -0.15) is 0 Å². The number of halogens is 1. The van der Waals surface area contributed by atoms with E-state index in [1.54, 1.807) is 13.0 Å². The second-order valence-electron chi connectivity index (χ2n) is 4.90. The Morgan fingerprint density at radius 1 is 1.32 bits per heavy atom. The molecule has 118 valence electrons. The molecule has 22 heavy (non-hydrogen) atoms. The van der Waals surface area contributed by atoms with Crippen molar-refractivity contribution in [2.75, 3.05) is 6.54 Å². The van der Waals surface area contributed by atoms with Gasteiger partial charge in [0, 0.05) is 23.9 Å². The summed E-state index contributed by atoms with van der Waals surface area (Å²) in [7, 11) is 0. The Hall–Kier alpha value is -2.57. The van der Waals surface area contributed by atoms with Gasteiger partial charge in [-0.25, -0.2) is 9.18 Å². The number of carboxylic acids is 1. The molecule has 0 aliphatic heterocycles. The van der Waals surface area contributed by atoms with Crippen molar-refractivity contribution in [3.8, 4) is 0 Å². The fourth-order valence-corrected chi connectivity index (χ4v) is 2.08. The summed E-state index contributed by atoms with van der Waals surface area (Å²) in [6.45, 7) is 2.25. The zero-order valence-electron chi connectivity index (χ0n) is 12.1. The maximum absolute atomic E-state index is 13.2. The predicted octanol–water partition coefficient (Wildman–Crippen LogP) is 2.54. The van der Waals surface area contributed by atoms with Gasteiger partial charge in [-0.05, 0) is 31.5 Å². The molecule has 0 fully saturated rings. The Morgan fingerprint density at radius 3 is 2.82 bits per heavy atom. The van der Waals surface area contributed by atoms with Crippen LogP contribution in [0.2, 0.25) is 0 Å². The highest BCUT2D eigenvalue weighted by Gasteiger charge is 2.12. The normalized spacial score (nSPS) is 10.6. The monoisotopic (exact) mass is 308 g/mol. The minimum Gasteiger partial charge on any atom is -0.481 e. The number of benzene rings is 1. The number of hydrogen-bond acceptors (Lipinski definition) is 3. The molecule has 0 aliphatic rings. The number of aliphatic carboxylic acids is 1. The van der Waals surface area contributed by atoms with Gasteiger partial charge in [0.15, 0.2) is 0 Å². The Kier molecular flexibility index (Phi) is 4.98. The second kappa shape index (κ2) is 6.93.